The summed E-state index contributed by atoms with van der Waals surface area (Å²) in [7, 11) is -2.47. The average Bonchev–Trinajstić information content (AvgIpc) is 3.34. The summed E-state index contributed by atoms with van der Waals surface area (Å²) in [6.45, 7) is 9.53. The van der Waals surface area contributed by atoms with Crippen molar-refractivity contribution in [1.29, 1.82) is 0 Å². The summed E-state index contributed by atoms with van der Waals surface area (Å²) in [6.07, 6.45) is 2.05. The van der Waals surface area contributed by atoms with E-state index in [1.54, 1.807) is 19.9 Å². The Kier molecular flexibility index (Phi) is 6.48. The molecule has 0 N–H and O–H groups in total. The number of nitrogens with zero attached hydrogens (tertiary/aromatic N) is 2. The molecule has 2 aromatic heterocycles. The topological polar surface area (TPSA) is 108 Å². The highest BCUT2D eigenvalue weighted by Gasteiger charge is 2.36. The average molecular weight is 501 g/mol. The van der Waals surface area contributed by atoms with Crippen molar-refractivity contribution in [3.63, 3.8) is 0 Å². The van der Waals surface area contributed by atoms with Gasteiger partial charge in [-0.25, -0.2) is 18.2 Å². The number of hydrogen-bond donors (Lipinski definition) is 0. The van der Waals surface area contributed by atoms with Gasteiger partial charge in [0.05, 0.1) is 37.9 Å². The Morgan fingerprint density at radius 1 is 1.31 bits per heavy atom. The molecule has 1 atom stereocenters. The van der Waals surface area contributed by atoms with Crippen molar-refractivity contribution < 1.29 is 31.8 Å². The van der Waals surface area contributed by atoms with Crippen LogP contribution >= 0.6 is 0 Å². The van der Waals surface area contributed by atoms with Gasteiger partial charge in [0.25, 0.3) is 0 Å². The molecule has 186 valence electrons. The lowest BCUT2D eigenvalue weighted by Crippen LogP contribution is -2.39. The molecule has 3 heterocycles. The van der Waals surface area contributed by atoms with Crippen LogP contribution in [-0.2, 0) is 24.2 Å². The second-order valence-corrected chi connectivity index (χ2v) is 10.8. The summed E-state index contributed by atoms with van der Waals surface area (Å²) in [5, 5.41) is 0. The zero-order chi connectivity index (χ0) is 25.5. The van der Waals surface area contributed by atoms with E-state index in [-0.39, 0.29) is 47.0 Å². The smallest absolute Gasteiger partial charge is 0.344 e. The fourth-order valence-corrected chi connectivity index (χ4v) is 4.97. The highest BCUT2D eigenvalue weighted by atomic mass is 32.2. The fraction of sp³-hybridized carbons (Fsp3) is 0.360. The predicted molar refractivity (Wildman–Crippen MR) is 133 cm³/mol. The zero-order valence-corrected chi connectivity index (χ0v) is 21.1. The van der Waals surface area contributed by atoms with E-state index in [1.165, 1.54) is 17.5 Å². The van der Waals surface area contributed by atoms with Crippen LogP contribution in [0.2, 0.25) is 0 Å². The van der Waals surface area contributed by atoms with Crippen molar-refractivity contribution in [1.82, 2.24) is 4.98 Å². The van der Waals surface area contributed by atoms with Gasteiger partial charge in [-0.15, -0.1) is 0 Å². The molecule has 1 aliphatic heterocycles. The number of ether oxygens (including phenoxy) is 3. The van der Waals surface area contributed by atoms with E-state index < -0.39 is 27.9 Å². The highest BCUT2D eigenvalue weighted by Crippen LogP contribution is 2.37. The molecule has 3 aromatic rings. The van der Waals surface area contributed by atoms with Crippen molar-refractivity contribution in [3.05, 3.63) is 53.7 Å². The third-order valence-corrected chi connectivity index (χ3v) is 6.82. The van der Waals surface area contributed by atoms with Crippen LogP contribution in [0.4, 0.5) is 5.69 Å². The second kappa shape index (κ2) is 9.10. The third-order valence-electron chi connectivity index (χ3n) is 5.67. The minimum Gasteiger partial charge on any atom is -0.465 e. The lowest BCUT2D eigenvalue weighted by atomic mass is 10.1. The lowest BCUT2D eigenvalue weighted by Gasteiger charge is -2.26. The first-order valence-electron chi connectivity index (χ1n) is 11.0. The molecule has 0 amide bonds. The number of furan rings is 1. The second-order valence-electron chi connectivity index (χ2n) is 8.85. The number of rotatable bonds is 7. The molecule has 1 saturated heterocycles. The van der Waals surface area contributed by atoms with Gasteiger partial charge >= 0.3 is 5.97 Å². The molecule has 1 aliphatic rings. The quantitative estimate of drug-likeness (QED) is 0.445. The normalized spacial score (nSPS) is 17.5. The first kappa shape index (κ1) is 24.9. The van der Waals surface area contributed by atoms with E-state index in [4.69, 9.17) is 18.6 Å². The number of sulfonamides is 1. The maximum Gasteiger partial charge on any atom is 0.344 e. The third kappa shape index (κ3) is 4.95. The van der Waals surface area contributed by atoms with Crippen LogP contribution in [0, 0.1) is 6.92 Å². The van der Waals surface area contributed by atoms with Crippen LogP contribution in [0.1, 0.15) is 35.5 Å². The number of esters is 1. The van der Waals surface area contributed by atoms with Gasteiger partial charge in [0.15, 0.2) is 17.1 Å². The maximum absolute atomic E-state index is 12.8. The lowest BCUT2D eigenvalue weighted by molar-refractivity contribution is -0.136. The molecule has 35 heavy (non-hydrogen) atoms. The number of carbonyl (C=O) groups excluding carboxylic acids is 1. The number of aromatic nitrogens is 1. The minimum absolute atomic E-state index is 0.00563. The van der Waals surface area contributed by atoms with Gasteiger partial charge in [0.1, 0.15) is 17.2 Å². The van der Waals surface area contributed by atoms with Crippen molar-refractivity contribution >= 4 is 38.9 Å². The summed E-state index contributed by atoms with van der Waals surface area (Å²) in [6, 6.07) is 9.00. The van der Waals surface area contributed by atoms with Crippen molar-refractivity contribution in [3.8, 4) is 11.3 Å². The van der Waals surface area contributed by atoms with E-state index in [0.29, 0.717) is 5.56 Å². The molecule has 0 unspecified atom stereocenters. The van der Waals surface area contributed by atoms with E-state index in [1.807, 2.05) is 31.2 Å². The molecule has 10 heteroatoms. The molecule has 9 nitrogen and oxygen atoms in total. The number of hydrogen-bond acceptors (Lipinski definition) is 8. The van der Waals surface area contributed by atoms with Crippen LogP contribution in [0.5, 0.6) is 0 Å². The minimum atomic E-state index is -3.75. The number of anilines is 1. The molecule has 0 bridgehead atoms. The van der Waals surface area contributed by atoms with Gasteiger partial charge in [-0.1, -0.05) is 36.4 Å². The number of carbonyl (C=O) groups is 1. The molecule has 0 aliphatic carbocycles. The Labute approximate surface area is 204 Å². The first-order valence-corrected chi connectivity index (χ1v) is 12.8. The summed E-state index contributed by atoms with van der Waals surface area (Å²) >= 11 is 0. The monoisotopic (exact) mass is 500 g/mol. The summed E-state index contributed by atoms with van der Waals surface area (Å²) in [5.74, 6) is -1.14. The van der Waals surface area contributed by atoms with Crippen LogP contribution in [0.25, 0.3) is 28.5 Å². The molecule has 1 fully saturated rings. The maximum atomic E-state index is 12.8. The number of aryl methyl sites for hydroxylation is 1. The molecule has 0 spiro atoms. The van der Waals surface area contributed by atoms with Gasteiger partial charge in [-0.2, -0.15) is 0 Å². The fourth-order valence-electron chi connectivity index (χ4n) is 4.02. The number of fused-ring (bicyclic) bond motifs is 1. The summed E-state index contributed by atoms with van der Waals surface area (Å²) in [4.78, 5) is 17.3. The zero-order valence-electron chi connectivity index (χ0n) is 20.3. The van der Waals surface area contributed by atoms with Gasteiger partial charge < -0.3 is 18.6 Å². The summed E-state index contributed by atoms with van der Waals surface area (Å²) in [5.41, 5.74) is 2.87. The van der Waals surface area contributed by atoms with Gasteiger partial charge in [-0.05, 0) is 26.8 Å². The molecule has 1 aromatic carbocycles. The Bertz CT molecular complexity index is 1390. The van der Waals surface area contributed by atoms with Gasteiger partial charge in [0.2, 0.25) is 10.0 Å². The Balaban J connectivity index is 1.89. The highest BCUT2D eigenvalue weighted by molar-refractivity contribution is 7.92. The van der Waals surface area contributed by atoms with Crippen molar-refractivity contribution in [2.75, 3.05) is 30.8 Å². The largest absolute Gasteiger partial charge is 0.465 e. The molecule has 4 rings (SSSR count). The van der Waals surface area contributed by atoms with E-state index in [9.17, 15) is 13.2 Å². The first-order chi connectivity index (χ1) is 16.4. The Morgan fingerprint density at radius 2 is 2.00 bits per heavy atom. The SMILES string of the molecule is C=Cc1nc2c(C(=O)OC)c(-c3ccc(C)cc3)oc2cc1N(C[C@H]1COC(C)(C)O1)S(C)(=O)=O. The van der Waals surface area contributed by atoms with Crippen LogP contribution in [0.3, 0.4) is 0 Å². The number of benzene rings is 1. The Hall–Kier alpha value is -3.21. The molecular weight excluding hydrogens is 472 g/mol. The van der Waals surface area contributed by atoms with Gasteiger partial charge in [-0.3, -0.25) is 4.31 Å². The van der Waals surface area contributed by atoms with Crippen LogP contribution < -0.4 is 4.31 Å². The van der Waals surface area contributed by atoms with Crippen LogP contribution in [0.15, 0.2) is 41.3 Å². The number of methoxy groups -OCH3 is 1. The van der Waals surface area contributed by atoms with Crippen molar-refractivity contribution in [2.45, 2.75) is 32.7 Å². The van der Waals surface area contributed by atoms with Gasteiger partial charge in [0, 0.05) is 11.6 Å². The van der Waals surface area contributed by atoms with E-state index >= 15 is 0 Å². The molecular formula is C25H28N2O7S. The molecule has 0 radical (unpaired) electrons. The van der Waals surface area contributed by atoms with E-state index in [0.717, 1.165) is 11.8 Å². The number of pyridine rings is 1. The van der Waals surface area contributed by atoms with Crippen LogP contribution in [-0.4, -0.2) is 57.8 Å². The predicted octanol–water partition coefficient (Wildman–Crippen LogP) is 4.15. The Morgan fingerprint density at radius 3 is 2.54 bits per heavy atom. The molecule has 0 saturated carbocycles. The van der Waals surface area contributed by atoms with Crippen molar-refractivity contribution in [2.24, 2.45) is 0 Å². The standard InChI is InChI=1S/C25H28N2O7S/c1-7-18-19(27(35(6,29)30)13-17-14-32-25(3,4)34-17)12-20-22(26-18)21(24(28)31-5)23(33-20)16-10-8-15(2)9-11-16/h7-12,17H,1,13-14H2,2-6H3/t17-/m0/s1. The van der Waals surface area contributed by atoms with E-state index in [2.05, 4.69) is 11.6 Å². The summed E-state index contributed by atoms with van der Waals surface area (Å²) < 4.78 is 49.4.